The molecule has 2 aromatic rings. The molecule has 1 aliphatic rings. The summed E-state index contributed by atoms with van der Waals surface area (Å²) in [6, 6.07) is 11.8. The fourth-order valence-corrected chi connectivity index (χ4v) is 3.70. The number of hydrogen-bond acceptors (Lipinski definition) is 4. The first-order valence-corrected chi connectivity index (χ1v) is 10.2. The summed E-state index contributed by atoms with van der Waals surface area (Å²) in [6.45, 7) is 2.03. The minimum atomic E-state index is -0.136. The van der Waals surface area contributed by atoms with E-state index in [4.69, 9.17) is 5.41 Å². The first-order chi connectivity index (χ1) is 13.6. The van der Waals surface area contributed by atoms with E-state index >= 15 is 0 Å². The third kappa shape index (κ3) is 5.26. The van der Waals surface area contributed by atoms with Crippen LogP contribution in [-0.2, 0) is 0 Å². The van der Waals surface area contributed by atoms with Crippen molar-refractivity contribution in [2.24, 2.45) is 0 Å². The first kappa shape index (κ1) is 20.2. The molecule has 3 N–H and O–H groups in total. The second-order valence-electron chi connectivity index (χ2n) is 7.72. The number of pyridine rings is 1. The molecule has 28 heavy (non-hydrogen) atoms. The average Bonchev–Trinajstić information content (AvgIpc) is 2.74. The Bertz CT molecular complexity index is 792. The van der Waals surface area contributed by atoms with Gasteiger partial charge in [-0.15, -0.1) is 0 Å². The van der Waals surface area contributed by atoms with E-state index in [1.54, 1.807) is 18.3 Å². The fourth-order valence-electron chi connectivity index (χ4n) is 3.70. The monoisotopic (exact) mass is 378 g/mol. The van der Waals surface area contributed by atoms with Crippen LogP contribution in [0.4, 0.5) is 5.69 Å². The van der Waals surface area contributed by atoms with E-state index in [0.717, 1.165) is 0 Å². The standard InChI is InChI=1S/C23H30N4O/c1-16(25-2)14-21(24)22-13-12-20(15-26-22)27-23(28)19-10-8-18(9-11-19)17-6-4-3-5-7-17/h8-13,15-17,24-25H,3-7,14H2,1-2H3,(H,27,28)/t16-/m1/s1. The average molecular weight is 379 g/mol. The van der Waals surface area contributed by atoms with Crippen LogP contribution < -0.4 is 10.6 Å². The summed E-state index contributed by atoms with van der Waals surface area (Å²) in [5, 5.41) is 14.1. The zero-order chi connectivity index (χ0) is 19.9. The van der Waals surface area contributed by atoms with Crippen molar-refractivity contribution in [3.05, 3.63) is 59.4 Å². The van der Waals surface area contributed by atoms with Crippen molar-refractivity contribution in [3.63, 3.8) is 0 Å². The highest BCUT2D eigenvalue weighted by Gasteiger charge is 2.16. The molecule has 1 fully saturated rings. The topological polar surface area (TPSA) is 77.9 Å². The molecule has 148 valence electrons. The minimum Gasteiger partial charge on any atom is -0.321 e. The summed E-state index contributed by atoms with van der Waals surface area (Å²) in [5.74, 6) is 0.507. The molecule has 1 aromatic carbocycles. The molecule has 0 unspecified atom stereocenters. The summed E-state index contributed by atoms with van der Waals surface area (Å²) in [4.78, 5) is 16.8. The van der Waals surface area contributed by atoms with Gasteiger partial charge in [0, 0.05) is 18.0 Å². The van der Waals surface area contributed by atoms with E-state index in [-0.39, 0.29) is 11.9 Å². The fraction of sp³-hybridized carbons (Fsp3) is 0.435. The van der Waals surface area contributed by atoms with Crippen molar-refractivity contribution < 1.29 is 4.79 Å². The number of nitrogens with one attached hydrogen (secondary N) is 3. The second kappa shape index (κ2) is 9.60. The van der Waals surface area contributed by atoms with Crippen LogP contribution in [0.1, 0.15) is 73.0 Å². The number of anilines is 1. The maximum absolute atomic E-state index is 12.5. The molecule has 3 rings (SSSR count). The largest absolute Gasteiger partial charge is 0.321 e. The van der Waals surface area contributed by atoms with Gasteiger partial charge in [-0.05, 0) is 62.6 Å². The van der Waals surface area contributed by atoms with E-state index in [9.17, 15) is 4.79 Å². The van der Waals surface area contributed by atoms with E-state index in [1.807, 2.05) is 26.1 Å². The van der Waals surface area contributed by atoms with Gasteiger partial charge in [-0.25, -0.2) is 0 Å². The number of rotatable bonds is 7. The first-order valence-electron chi connectivity index (χ1n) is 10.2. The molecule has 0 spiro atoms. The zero-order valence-corrected chi connectivity index (χ0v) is 16.8. The lowest BCUT2D eigenvalue weighted by atomic mass is 9.84. The van der Waals surface area contributed by atoms with Crippen LogP contribution in [0.15, 0.2) is 42.6 Å². The molecule has 1 amide bonds. The van der Waals surface area contributed by atoms with Crippen molar-refractivity contribution in [2.75, 3.05) is 12.4 Å². The van der Waals surface area contributed by atoms with E-state index in [0.29, 0.717) is 35.0 Å². The highest BCUT2D eigenvalue weighted by molar-refractivity contribution is 6.04. The summed E-state index contributed by atoms with van der Waals surface area (Å²) in [5.41, 5.74) is 3.75. The van der Waals surface area contributed by atoms with Crippen LogP contribution in [0.5, 0.6) is 0 Å². The molecule has 5 heteroatoms. The third-order valence-corrected chi connectivity index (χ3v) is 5.58. The van der Waals surface area contributed by atoms with Gasteiger partial charge in [0.15, 0.2) is 0 Å². The summed E-state index contributed by atoms with van der Waals surface area (Å²) < 4.78 is 0. The van der Waals surface area contributed by atoms with Gasteiger partial charge < -0.3 is 16.0 Å². The SMILES string of the molecule is CN[C@H](C)CC(=N)c1ccc(NC(=O)c2ccc(C3CCCCC3)cc2)cn1. The smallest absolute Gasteiger partial charge is 0.255 e. The molecule has 1 aliphatic carbocycles. The molecule has 0 bridgehead atoms. The lowest BCUT2D eigenvalue weighted by molar-refractivity contribution is 0.102. The van der Waals surface area contributed by atoms with Crippen molar-refractivity contribution >= 4 is 17.3 Å². The van der Waals surface area contributed by atoms with Gasteiger partial charge in [-0.3, -0.25) is 9.78 Å². The third-order valence-electron chi connectivity index (χ3n) is 5.58. The molecule has 1 heterocycles. The maximum atomic E-state index is 12.5. The number of carbonyl (C=O) groups excluding carboxylic acids is 1. The van der Waals surface area contributed by atoms with Gasteiger partial charge in [-0.2, -0.15) is 0 Å². The normalized spacial score (nSPS) is 15.8. The van der Waals surface area contributed by atoms with E-state index < -0.39 is 0 Å². The quantitative estimate of drug-likeness (QED) is 0.609. The minimum absolute atomic E-state index is 0.136. The lowest BCUT2D eigenvalue weighted by Gasteiger charge is -2.22. The van der Waals surface area contributed by atoms with Crippen molar-refractivity contribution in [2.45, 2.75) is 57.4 Å². The van der Waals surface area contributed by atoms with Crippen molar-refractivity contribution in [1.82, 2.24) is 10.3 Å². The molecular formula is C23H30N4O. The Labute approximate surface area is 167 Å². The Kier molecular flexibility index (Phi) is 6.93. The van der Waals surface area contributed by atoms with Crippen molar-refractivity contribution in [3.8, 4) is 0 Å². The van der Waals surface area contributed by atoms with Crippen LogP contribution in [0, 0.1) is 5.41 Å². The van der Waals surface area contributed by atoms with Gasteiger partial charge in [0.25, 0.3) is 5.91 Å². The van der Waals surface area contributed by atoms with Gasteiger partial charge in [0.05, 0.1) is 23.3 Å². The molecule has 1 aromatic heterocycles. The number of aromatic nitrogens is 1. The Hall–Kier alpha value is -2.53. The number of nitrogens with zero attached hydrogens (tertiary/aromatic N) is 1. The molecule has 0 aliphatic heterocycles. The van der Waals surface area contributed by atoms with Crippen molar-refractivity contribution in [1.29, 1.82) is 5.41 Å². The summed E-state index contributed by atoms with van der Waals surface area (Å²) in [7, 11) is 1.88. The molecule has 0 radical (unpaired) electrons. The Morgan fingerprint density at radius 3 is 2.46 bits per heavy atom. The Balaban J connectivity index is 1.59. The number of benzene rings is 1. The second-order valence-corrected chi connectivity index (χ2v) is 7.72. The van der Waals surface area contributed by atoms with Gasteiger partial charge in [0.2, 0.25) is 0 Å². The number of hydrogen-bond donors (Lipinski definition) is 3. The van der Waals surface area contributed by atoms with Crippen LogP contribution in [0.3, 0.4) is 0 Å². The molecular weight excluding hydrogens is 348 g/mol. The highest BCUT2D eigenvalue weighted by atomic mass is 16.1. The van der Waals surface area contributed by atoms with Crippen LogP contribution >= 0.6 is 0 Å². The summed E-state index contributed by atoms with van der Waals surface area (Å²) >= 11 is 0. The Morgan fingerprint density at radius 2 is 1.86 bits per heavy atom. The van der Waals surface area contributed by atoms with Crippen LogP contribution in [0.25, 0.3) is 0 Å². The van der Waals surface area contributed by atoms with Gasteiger partial charge in [-0.1, -0.05) is 31.4 Å². The highest BCUT2D eigenvalue weighted by Crippen LogP contribution is 2.32. The molecule has 5 nitrogen and oxygen atoms in total. The van der Waals surface area contributed by atoms with Gasteiger partial charge >= 0.3 is 0 Å². The van der Waals surface area contributed by atoms with E-state index in [1.165, 1.54) is 37.7 Å². The predicted octanol–water partition coefficient (Wildman–Crippen LogP) is 4.75. The molecule has 0 saturated heterocycles. The maximum Gasteiger partial charge on any atom is 0.255 e. The predicted molar refractivity (Wildman–Crippen MR) is 114 cm³/mol. The van der Waals surface area contributed by atoms with Crippen LogP contribution in [0.2, 0.25) is 0 Å². The number of carbonyl (C=O) groups is 1. The number of amides is 1. The summed E-state index contributed by atoms with van der Waals surface area (Å²) in [6.07, 6.45) is 8.70. The molecule has 1 atom stereocenters. The van der Waals surface area contributed by atoms with Crippen LogP contribution in [-0.4, -0.2) is 29.7 Å². The molecule has 1 saturated carbocycles. The van der Waals surface area contributed by atoms with E-state index in [2.05, 4.69) is 27.8 Å². The zero-order valence-electron chi connectivity index (χ0n) is 16.8. The lowest BCUT2D eigenvalue weighted by Crippen LogP contribution is -2.24. The Morgan fingerprint density at radius 1 is 1.14 bits per heavy atom. The van der Waals surface area contributed by atoms with Gasteiger partial charge in [0.1, 0.15) is 0 Å².